The van der Waals surface area contributed by atoms with Crippen LogP contribution in [0.25, 0.3) is 0 Å². The maximum absolute atomic E-state index is 6.30. The molecule has 0 aliphatic heterocycles. The summed E-state index contributed by atoms with van der Waals surface area (Å²) in [6.07, 6.45) is 47.8. The average Bonchev–Trinajstić information content (AvgIpc) is 3.22. The minimum absolute atomic E-state index is 0.724. The van der Waals surface area contributed by atoms with E-state index in [1.54, 1.807) is 0 Å². The van der Waals surface area contributed by atoms with Gasteiger partial charge in [0.15, 0.2) is 0 Å². The van der Waals surface area contributed by atoms with Crippen molar-refractivity contribution in [2.45, 2.75) is 297 Å². The minimum Gasteiger partial charge on any atom is -0.327 e. The molecule has 0 amide bonds. The molecule has 0 N–H and O–H groups in total. The van der Waals surface area contributed by atoms with Crippen molar-refractivity contribution in [1.82, 2.24) is 0 Å². The lowest BCUT2D eigenvalue weighted by Gasteiger charge is -2.33. The molecule has 0 atom stereocenters. The molecule has 0 aromatic rings. The fourth-order valence-corrected chi connectivity index (χ4v) is 7.49. The summed E-state index contributed by atoms with van der Waals surface area (Å²) in [6, 6.07) is 0. The Labute approximate surface area is 364 Å². The highest BCUT2D eigenvalue weighted by Gasteiger charge is 2.34. The molecule has 6 nitrogen and oxygen atoms in total. The van der Waals surface area contributed by atoms with E-state index in [4.69, 9.17) is 28.4 Å². The quantitative estimate of drug-likeness (QED) is 0.0450. The van der Waals surface area contributed by atoms with Crippen LogP contribution in [0.1, 0.15) is 286 Å². The highest BCUT2D eigenvalue weighted by molar-refractivity contribution is 4.63. The summed E-state index contributed by atoms with van der Waals surface area (Å²) in [6.45, 7) is 17.6. The van der Waals surface area contributed by atoms with Crippen LogP contribution in [0.3, 0.4) is 0 Å². The lowest BCUT2D eigenvalue weighted by molar-refractivity contribution is -0.384. The molecule has 0 saturated carbocycles. The predicted molar refractivity (Wildman–Crippen MR) is 251 cm³/mol. The molecule has 0 heterocycles. The SMILES string of the molecule is CCCCOC(CCCCCCCCCCCCCCCCCCCCCCCCCCC(OCCCC)(OCCCC)OCCCC)(OCCCC)OCCCC. The van der Waals surface area contributed by atoms with Gasteiger partial charge < -0.3 is 28.4 Å². The number of ether oxygens (including phenoxy) is 6. The molecule has 0 saturated heterocycles. The van der Waals surface area contributed by atoms with Crippen LogP contribution < -0.4 is 0 Å². The third kappa shape index (κ3) is 37.5. The first-order valence-corrected chi connectivity index (χ1v) is 26.4. The second kappa shape index (κ2) is 46.3. The molecule has 58 heavy (non-hydrogen) atoms. The number of hydrogen-bond acceptors (Lipinski definition) is 6. The Morgan fingerprint density at radius 1 is 0.190 bits per heavy atom. The molecule has 6 heteroatoms. The van der Waals surface area contributed by atoms with Crippen molar-refractivity contribution in [3.63, 3.8) is 0 Å². The molecule has 0 fully saturated rings. The van der Waals surface area contributed by atoms with Crippen LogP contribution >= 0.6 is 0 Å². The smallest absolute Gasteiger partial charge is 0.282 e. The molecule has 0 spiro atoms. The molecule has 350 valence electrons. The lowest BCUT2D eigenvalue weighted by atomic mass is 10.0. The maximum atomic E-state index is 6.30. The topological polar surface area (TPSA) is 55.4 Å². The van der Waals surface area contributed by atoms with Gasteiger partial charge in [-0.2, -0.15) is 0 Å². The molecule has 0 aliphatic carbocycles. The molecule has 0 aliphatic rings. The normalized spacial score (nSPS) is 12.3. The molecule has 0 unspecified atom stereocenters. The summed E-state index contributed by atoms with van der Waals surface area (Å²) < 4.78 is 37.8. The monoisotopic (exact) mass is 827 g/mol. The minimum atomic E-state index is -0.825. The van der Waals surface area contributed by atoms with Crippen LogP contribution in [0.2, 0.25) is 0 Å². The maximum Gasteiger partial charge on any atom is 0.282 e. The van der Waals surface area contributed by atoms with Crippen molar-refractivity contribution in [2.24, 2.45) is 0 Å². The Kier molecular flexibility index (Phi) is 46.1. The van der Waals surface area contributed by atoms with Gasteiger partial charge in [-0.25, -0.2) is 0 Å². The standard InChI is InChI=1S/C52H106O6/c1-7-13-45-53-51(54-46-14-8-2,55-47-15-9-3)43-41-39-37-35-33-31-29-27-25-23-21-19-20-22-24-26-28-30-32-34-36-38-40-42-44-52(56-48-16-10-4,57-49-17-11-5)58-50-18-12-6/h7-50H2,1-6H3. The van der Waals surface area contributed by atoms with Crippen molar-refractivity contribution in [3.8, 4) is 0 Å². The summed E-state index contributed by atoms with van der Waals surface area (Å²) in [5, 5.41) is 0. The number of unbranched alkanes of at least 4 members (excludes halogenated alkanes) is 29. The number of hydrogen-bond donors (Lipinski definition) is 0. The fourth-order valence-electron chi connectivity index (χ4n) is 7.49. The summed E-state index contributed by atoms with van der Waals surface area (Å²) >= 11 is 0. The van der Waals surface area contributed by atoms with Crippen LogP contribution in [0.15, 0.2) is 0 Å². The largest absolute Gasteiger partial charge is 0.327 e. The van der Waals surface area contributed by atoms with Crippen molar-refractivity contribution < 1.29 is 28.4 Å². The Morgan fingerprint density at radius 2 is 0.328 bits per heavy atom. The molecule has 0 aromatic heterocycles. The van der Waals surface area contributed by atoms with Gasteiger partial charge in [0.2, 0.25) is 0 Å². The zero-order chi connectivity index (χ0) is 42.4. The second-order valence-electron chi connectivity index (χ2n) is 17.6. The van der Waals surface area contributed by atoms with E-state index >= 15 is 0 Å². The molecule has 0 aromatic carbocycles. The first kappa shape index (κ1) is 57.8. The van der Waals surface area contributed by atoms with Crippen LogP contribution in [-0.2, 0) is 28.4 Å². The van der Waals surface area contributed by atoms with Gasteiger partial charge in [-0.3, -0.25) is 0 Å². The van der Waals surface area contributed by atoms with Gasteiger partial charge >= 0.3 is 0 Å². The summed E-state index contributed by atoms with van der Waals surface area (Å²) in [5.74, 6) is -1.65. The predicted octanol–water partition coefficient (Wildman–Crippen LogP) is 17.3. The zero-order valence-corrected chi connectivity index (χ0v) is 40.6. The summed E-state index contributed by atoms with van der Waals surface area (Å²) in [4.78, 5) is 0. The van der Waals surface area contributed by atoms with Gasteiger partial charge in [0.1, 0.15) is 0 Å². The summed E-state index contributed by atoms with van der Waals surface area (Å²) in [7, 11) is 0. The Bertz CT molecular complexity index is 647. The molecular weight excluding hydrogens is 721 g/mol. The third-order valence-electron chi connectivity index (χ3n) is 11.6. The van der Waals surface area contributed by atoms with E-state index in [0.29, 0.717) is 0 Å². The van der Waals surface area contributed by atoms with E-state index < -0.39 is 11.9 Å². The number of rotatable bonds is 51. The van der Waals surface area contributed by atoms with Gasteiger partial charge in [-0.15, -0.1) is 0 Å². The zero-order valence-electron chi connectivity index (χ0n) is 40.6. The van der Waals surface area contributed by atoms with Crippen molar-refractivity contribution >= 4 is 0 Å². The van der Waals surface area contributed by atoms with Crippen LogP contribution in [0, 0.1) is 0 Å². The molecule has 0 radical (unpaired) electrons. The van der Waals surface area contributed by atoms with E-state index in [9.17, 15) is 0 Å². The first-order valence-electron chi connectivity index (χ1n) is 26.4. The van der Waals surface area contributed by atoms with Gasteiger partial charge in [-0.05, 0) is 51.4 Å². The van der Waals surface area contributed by atoms with Crippen LogP contribution in [-0.4, -0.2) is 51.6 Å². The van der Waals surface area contributed by atoms with E-state index in [2.05, 4.69) is 41.5 Å². The van der Waals surface area contributed by atoms with E-state index in [1.807, 2.05) is 0 Å². The molecule has 0 rings (SSSR count). The van der Waals surface area contributed by atoms with Gasteiger partial charge in [0.05, 0.1) is 39.6 Å². The van der Waals surface area contributed by atoms with Crippen LogP contribution in [0.5, 0.6) is 0 Å². The third-order valence-corrected chi connectivity index (χ3v) is 11.6. The van der Waals surface area contributed by atoms with Crippen molar-refractivity contribution in [3.05, 3.63) is 0 Å². The summed E-state index contributed by atoms with van der Waals surface area (Å²) in [5.41, 5.74) is 0. The van der Waals surface area contributed by atoms with Crippen molar-refractivity contribution in [2.75, 3.05) is 39.6 Å². The lowest BCUT2D eigenvalue weighted by Crippen LogP contribution is -2.40. The van der Waals surface area contributed by atoms with E-state index in [0.717, 1.165) is 142 Å². The van der Waals surface area contributed by atoms with Crippen LogP contribution in [0.4, 0.5) is 0 Å². The van der Waals surface area contributed by atoms with Gasteiger partial charge in [-0.1, -0.05) is 221 Å². The Morgan fingerprint density at radius 3 is 0.466 bits per heavy atom. The van der Waals surface area contributed by atoms with Gasteiger partial charge in [0.25, 0.3) is 11.9 Å². The van der Waals surface area contributed by atoms with E-state index in [1.165, 1.54) is 141 Å². The van der Waals surface area contributed by atoms with Gasteiger partial charge in [0, 0.05) is 12.8 Å². The highest BCUT2D eigenvalue weighted by Crippen LogP contribution is 2.28. The Balaban J connectivity index is 3.78. The molecule has 0 bridgehead atoms. The average molecular weight is 827 g/mol. The first-order chi connectivity index (χ1) is 28.6. The second-order valence-corrected chi connectivity index (χ2v) is 17.6. The Hall–Kier alpha value is -0.240. The highest BCUT2D eigenvalue weighted by atomic mass is 16.9. The fraction of sp³-hybridized carbons (Fsp3) is 1.00. The molecular formula is C52H106O6. The van der Waals surface area contributed by atoms with E-state index in [-0.39, 0.29) is 0 Å². The van der Waals surface area contributed by atoms with Crippen molar-refractivity contribution in [1.29, 1.82) is 0 Å².